The quantitative estimate of drug-likeness (QED) is 0.622. The van der Waals surface area contributed by atoms with Crippen LogP contribution in [0.3, 0.4) is 0 Å². The van der Waals surface area contributed by atoms with E-state index in [4.69, 9.17) is 18.9 Å². The van der Waals surface area contributed by atoms with E-state index in [1.54, 1.807) is 36.4 Å². The molecular weight excluding hydrogens is 376 g/mol. The van der Waals surface area contributed by atoms with Crippen LogP contribution in [0.15, 0.2) is 36.4 Å². The molecule has 1 saturated heterocycles. The molecule has 1 aliphatic rings. The summed E-state index contributed by atoms with van der Waals surface area (Å²) in [5, 5.41) is 30.0. The largest absolute Gasteiger partial charge is 0.504 e. The zero-order chi connectivity index (χ0) is 21.0. The summed E-state index contributed by atoms with van der Waals surface area (Å²) in [6, 6.07) is 10.2. The smallest absolute Gasteiger partial charge is 0.160 e. The molecule has 158 valence electrons. The van der Waals surface area contributed by atoms with Gasteiger partial charge in [0.15, 0.2) is 23.0 Å². The van der Waals surface area contributed by atoms with Gasteiger partial charge in [-0.2, -0.15) is 0 Å². The molecule has 29 heavy (non-hydrogen) atoms. The van der Waals surface area contributed by atoms with Crippen LogP contribution in [0.25, 0.3) is 0 Å². The zero-order valence-electron chi connectivity index (χ0n) is 16.9. The average molecular weight is 404 g/mol. The summed E-state index contributed by atoms with van der Waals surface area (Å²) in [6.45, 7) is 2.71. The van der Waals surface area contributed by atoms with E-state index >= 15 is 0 Å². The van der Waals surface area contributed by atoms with E-state index < -0.39 is 0 Å². The van der Waals surface area contributed by atoms with Crippen molar-refractivity contribution in [1.82, 2.24) is 0 Å². The normalized spacial score (nSPS) is 22.4. The highest BCUT2D eigenvalue weighted by Crippen LogP contribution is 2.47. The topological polar surface area (TPSA) is 97.6 Å². The lowest BCUT2D eigenvalue weighted by molar-refractivity contribution is -0.00262. The molecule has 1 aliphatic heterocycles. The maximum Gasteiger partial charge on any atom is 0.160 e. The molecule has 1 fully saturated rings. The second-order valence-electron chi connectivity index (χ2n) is 7.00. The van der Waals surface area contributed by atoms with Crippen LogP contribution in [-0.2, 0) is 9.47 Å². The number of hydrogen-bond donors (Lipinski definition) is 3. The maximum absolute atomic E-state index is 10.2. The molecule has 1 heterocycles. The standard InChI is InChI=1S/C22H28O7/c1-4-28-22(14-6-8-18(25)20(10-14)27-3)16-12-29-21(15(16)11-23)13-5-7-17(24)19(9-13)26-2/h5-10,15-16,21-25H,4,11-12H2,1-3H3/t15-,16+,21-,22-/m0/s1. The zero-order valence-corrected chi connectivity index (χ0v) is 16.9. The first kappa shape index (κ1) is 21.2. The van der Waals surface area contributed by atoms with Gasteiger partial charge in [0.25, 0.3) is 0 Å². The number of methoxy groups -OCH3 is 2. The lowest BCUT2D eigenvalue weighted by Crippen LogP contribution is -2.26. The summed E-state index contributed by atoms with van der Waals surface area (Å²) < 4.78 is 22.5. The number of ether oxygens (including phenoxy) is 4. The van der Waals surface area contributed by atoms with E-state index in [1.807, 2.05) is 6.92 Å². The van der Waals surface area contributed by atoms with E-state index in [9.17, 15) is 15.3 Å². The number of aliphatic hydroxyl groups is 1. The Morgan fingerprint density at radius 1 is 1.03 bits per heavy atom. The molecular formula is C22H28O7. The highest BCUT2D eigenvalue weighted by molar-refractivity contribution is 5.44. The molecule has 0 unspecified atom stereocenters. The number of aliphatic hydroxyl groups excluding tert-OH is 1. The van der Waals surface area contributed by atoms with E-state index in [-0.39, 0.29) is 42.1 Å². The van der Waals surface area contributed by atoms with Gasteiger partial charge >= 0.3 is 0 Å². The van der Waals surface area contributed by atoms with Crippen molar-refractivity contribution in [3.63, 3.8) is 0 Å². The van der Waals surface area contributed by atoms with Gasteiger partial charge in [0.2, 0.25) is 0 Å². The molecule has 0 amide bonds. The number of phenols is 2. The van der Waals surface area contributed by atoms with E-state index in [0.717, 1.165) is 11.1 Å². The van der Waals surface area contributed by atoms with Gasteiger partial charge in [-0.3, -0.25) is 0 Å². The maximum atomic E-state index is 10.2. The summed E-state index contributed by atoms with van der Waals surface area (Å²) in [5.41, 5.74) is 1.66. The molecule has 0 aliphatic carbocycles. The molecule has 0 spiro atoms. The van der Waals surface area contributed by atoms with Gasteiger partial charge in [0.1, 0.15) is 0 Å². The molecule has 7 heteroatoms. The second-order valence-corrected chi connectivity index (χ2v) is 7.00. The van der Waals surface area contributed by atoms with Crippen molar-refractivity contribution in [2.24, 2.45) is 11.8 Å². The first-order chi connectivity index (χ1) is 14.0. The fourth-order valence-electron chi connectivity index (χ4n) is 3.96. The Morgan fingerprint density at radius 2 is 1.69 bits per heavy atom. The van der Waals surface area contributed by atoms with Gasteiger partial charge in [-0.15, -0.1) is 0 Å². The molecule has 4 atom stereocenters. The summed E-state index contributed by atoms with van der Waals surface area (Å²) in [4.78, 5) is 0. The van der Waals surface area contributed by atoms with Crippen molar-refractivity contribution in [3.8, 4) is 23.0 Å². The van der Waals surface area contributed by atoms with E-state index in [0.29, 0.717) is 24.7 Å². The molecule has 3 N–H and O–H groups in total. The predicted octanol–water partition coefficient (Wildman–Crippen LogP) is 3.19. The van der Waals surface area contributed by atoms with Crippen molar-refractivity contribution in [3.05, 3.63) is 47.5 Å². The van der Waals surface area contributed by atoms with Crippen LogP contribution in [0.1, 0.15) is 30.3 Å². The van der Waals surface area contributed by atoms with Crippen LogP contribution in [0.4, 0.5) is 0 Å². The Morgan fingerprint density at radius 3 is 2.31 bits per heavy atom. The Labute approximate surface area is 170 Å². The van der Waals surface area contributed by atoms with Crippen molar-refractivity contribution >= 4 is 0 Å². The van der Waals surface area contributed by atoms with Gasteiger partial charge in [-0.05, 0) is 42.3 Å². The highest BCUT2D eigenvalue weighted by atomic mass is 16.5. The van der Waals surface area contributed by atoms with Gasteiger partial charge in [0, 0.05) is 25.0 Å². The SMILES string of the molecule is CCO[C@@H](c1ccc(O)c(OC)c1)[C@@H]1CO[C@@H](c2ccc(O)c(OC)c2)[C@H]1CO. The second kappa shape index (κ2) is 9.35. The summed E-state index contributed by atoms with van der Waals surface area (Å²) in [5.74, 6) is 0.499. The number of benzene rings is 2. The molecule has 7 nitrogen and oxygen atoms in total. The minimum Gasteiger partial charge on any atom is -0.504 e. The van der Waals surface area contributed by atoms with Crippen LogP contribution in [0.2, 0.25) is 0 Å². The average Bonchev–Trinajstić information content (AvgIpc) is 3.16. The van der Waals surface area contributed by atoms with Crippen molar-refractivity contribution in [2.45, 2.75) is 19.1 Å². The first-order valence-electron chi connectivity index (χ1n) is 9.61. The third-order valence-electron chi connectivity index (χ3n) is 5.42. The number of phenolic OH excluding ortho intramolecular Hbond substituents is 2. The number of rotatable bonds is 8. The third kappa shape index (κ3) is 4.27. The van der Waals surface area contributed by atoms with E-state index in [2.05, 4.69) is 0 Å². The fourth-order valence-corrected chi connectivity index (χ4v) is 3.96. The first-order valence-corrected chi connectivity index (χ1v) is 9.61. The summed E-state index contributed by atoms with van der Waals surface area (Å²) in [7, 11) is 2.99. The molecule has 2 aromatic rings. The molecule has 2 aromatic carbocycles. The fraction of sp³-hybridized carbons (Fsp3) is 0.455. The van der Waals surface area contributed by atoms with Crippen LogP contribution in [0.5, 0.6) is 23.0 Å². The van der Waals surface area contributed by atoms with Crippen LogP contribution in [0, 0.1) is 11.8 Å². The molecule has 0 radical (unpaired) electrons. The van der Waals surface area contributed by atoms with Crippen molar-refractivity contribution < 1.29 is 34.3 Å². The molecule has 0 saturated carbocycles. The Hall–Kier alpha value is -2.48. The van der Waals surface area contributed by atoms with Gasteiger partial charge in [-0.25, -0.2) is 0 Å². The molecule has 0 bridgehead atoms. The Kier molecular flexibility index (Phi) is 6.84. The monoisotopic (exact) mass is 404 g/mol. The third-order valence-corrected chi connectivity index (χ3v) is 5.42. The van der Waals surface area contributed by atoms with E-state index in [1.165, 1.54) is 14.2 Å². The lowest BCUT2D eigenvalue weighted by atomic mass is 9.82. The van der Waals surface area contributed by atoms with Crippen LogP contribution < -0.4 is 9.47 Å². The van der Waals surface area contributed by atoms with Gasteiger partial charge in [0.05, 0.1) is 33.0 Å². The Balaban J connectivity index is 1.92. The minimum atomic E-state index is -0.360. The Bertz CT molecular complexity index is 823. The van der Waals surface area contributed by atoms with Crippen molar-refractivity contribution in [2.75, 3.05) is 34.0 Å². The van der Waals surface area contributed by atoms with Crippen molar-refractivity contribution in [1.29, 1.82) is 0 Å². The summed E-state index contributed by atoms with van der Waals surface area (Å²) >= 11 is 0. The molecule has 3 rings (SSSR count). The number of aromatic hydroxyl groups is 2. The lowest BCUT2D eigenvalue weighted by Gasteiger charge is -2.29. The highest BCUT2D eigenvalue weighted by Gasteiger charge is 2.43. The number of hydrogen-bond acceptors (Lipinski definition) is 7. The van der Waals surface area contributed by atoms with Crippen LogP contribution >= 0.6 is 0 Å². The summed E-state index contributed by atoms with van der Waals surface area (Å²) in [6.07, 6.45) is -0.697. The predicted molar refractivity (Wildman–Crippen MR) is 106 cm³/mol. The van der Waals surface area contributed by atoms with Gasteiger partial charge < -0.3 is 34.3 Å². The molecule has 0 aromatic heterocycles. The van der Waals surface area contributed by atoms with Gasteiger partial charge in [-0.1, -0.05) is 12.1 Å². The minimum absolute atomic E-state index is 0.0507. The van der Waals surface area contributed by atoms with Crippen LogP contribution in [-0.4, -0.2) is 49.4 Å².